The number of carbonyl (C=O) groups excluding carboxylic acids is 2. The summed E-state index contributed by atoms with van der Waals surface area (Å²) in [4.78, 5) is 25.3. The molecular weight excluding hydrogens is 362 g/mol. The van der Waals surface area contributed by atoms with Gasteiger partial charge in [0.25, 0.3) is 0 Å². The van der Waals surface area contributed by atoms with Crippen LogP contribution in [0.3, 0.4) is 0 Å². The van der Waals surface area contributed by atoms with Gasteiger partial charge in [0.2, 0.25) is 5.69 Å². The van der Waals surface area contributed by atoms with Crippen LogP contribution in [-0.4, -0.2) is 45.2 Å². The van der Waals surface area contributed by atoms with Crippen LogP contribution in [0.15, 0.2) is 24.3 Å². The fourth-order valence-electron chi connectivity index (χ4n) is 2.32. The highest BCUT2D eigenvalue weighted by molar-refractivity contribution is 6.00. The Kier molecular flexibility index (Phi) is 6.11. The van der Waals surface area contributed by atoms with Crippen LogP contribution in [0.5, 0.6) is 5.75 Å². The number of hydrogen-bond acceptors (Lipinski definition) is 7. The van der Waals surface area contributed by atoms with Crippen LogP contribution in [-0.2, 0) is 16.0 Å². The zero-order chi connectivity index (χ0) is 21.1. The van der Waals surface area contributed by atoms with Crippen LogP contribution in [0, 0.1) is 0 Å². The van der Waals surface area contributed by atoms with E-state index in [9.17, 15) is 9.59 Å². The molecule has 0 unspecified atom stereocenters. The van der Waals surface area contributed by atoms with Crippen LogP contribution in [0.25, 0.3) is 0 Å². The molecule has 0 aliphatic rings. The average molecular weight is 389 g/mol. The lowest BCUT2D eigenvalue weighted by atomic mass is 10.1. The van der Waals surface area contributed by atoms with Crippen LogP contribution in [0.4, 0.5) is 0 Å². The normalized spacial score (nSPS) is 11.8. The highest BCUT2D eigenvalue weighted by atomic mass is 16.6. The molecule has 1 heterocycles. The molecular formula is C20H27N3O5. The third-order valence-corrected chi connectivity index (χ3v) is 3.41. The molecule has 0 amide bonds. The maximum absolute atomic E-state index is 12.8. The van der Waals surface area contributed by atoms with Crippen LogP contribution in [0.2, 0.25) is 0 Å². The first kappa shape index (κ1) is 21.4. The van der Waals surface area contributed by atoms with Gasteiger partial charge < -0.3 is 14.2 Å². The quantitative estimate of drug-likeness (QED) is 0.725. The third kappa shape index (κ3) is 5.80. The number of hydrogen-bond donors (Lipinski definition) is 0. The Morgan fingerprint density at radius 3 is 1.96 bits per heavy atom. The Bertz CT molecular complexity index is 842. The largest absolute Gasteiger partial charge is 0.497 e. The van der Waals surface area contributed by atoms with E-state index in [1.54, 1.807) is 60.8 Å². The number of rotatable bonds is 5. The number of nitrogens with zero attached hydrogens (tertiary/aromatic N) is 3. The Balaban J connectivity index is 2.40. The molecule has 0 aliphatic heterocycles. The van der Waals surface area contributed by atoms with Crippen molar-refractivity contribution in [3.05, 3.63) is 41.2 Å². The Labute approximate surface area is 164 Å². The van der Waals surface area contributed by atoms with E-state index in [0.29, 0.717) is 5.75 Å². The van der Waals surface area contributed by atoms with Crippen molar-refractivity contribution in [1.29, 1.82) is 0 Å². The summed E-state index contributed by atoms with van der Waals surface area (Å²) in [6.07, 6.45) is 0. The first-order valence-corrected chi connectivity index (χ1v) is 8.93. The van der Waals surface area contributed by atoms with Gasteiger partial charge in [-0.2, -0.15) is 0 Å². The fraction of sp³-hybridized carbons (Fsp3) is 0.500. The molecule has 0 spiro atoms. The minimum Gasteiger partial charge on any atom is -0.497 e. The van der Waals surface area contributed by atoms with E-state index < -0.39 is 23.1 Å². The summed E-state index contributed by atoms with van der Waals surface area (Å²) in [5.74, 6) is -0.703. The van der Waals surface area contributed by atoms with E-state index in [0.717, 1.165) is 5.56 Å². The molecule has 0 radical (unpaired) electrons. The number of carbonyl (C=O) groups is 2. The Morgan fingerprint density at radius 1 is 0.929 bits per heavy atom. The lowest BCUT2D eigenvalue weighted by Gasteiger charge is -2.21. The van der Waals surface area contributed by atoms with Gasteiger partial charge in [-0.1, -0.05) is 17.3 Å². The van der Waals surface area contributed by atoms with Gasteiger partial charge in [-0.3, -0.25) is 0 Å². The Hall–Kier alpha value is -2.90. The average Bonchev–Trinajstić information content (AvgIpc) is 2.96. The van der Waals surface area contributed by atoms with Gasteiger partial charge in [0.1, 0.15) is 17.0 Å². The van der Waals surface area contributed by atoms with Crippen LogP contribution < -0.4 is 4.74 Å². The molecule has 8 nitrogen and oxygen atoms in total. The molecule has 0 aliphatic carbocycles. The fourth-order valence-corrected chi connectivity index (χ4v) is 2.32. The monoisotopic (exact) mass is 389 g/mol. The van der Waals surface area contributed by atoms with Crippen molar-refractivity contribution in [3.63, 3.8) is 0 Å². The van der Waals surface area contributed by atoms with Gasteiger partial charge in [0, 0.05) is 0 Å². The van der Waals surface area contributed by atoms with Crippen molar-refractivity contribution in [2.24, 2.45) is 0 Å². The zero-order valence-electron chi connectivity index (χ0n) is 17.4. The molecule has 0 fully saturated rings. The van der Waals surface area contributed by atoms with Gasteiger partial charge in [0.05, 0.1) is 13.7 Å². The molecule has 2 rings (SSSR count). The number of methoxy groups -OCH3 is 1. The summed E-state index contributed by atoms with van der Waals surface area (Å²) in [5.41, 5.74) is -0.830. The molecule has 2 aromatic rings. The first-order chi connectivity index (χ1) is 12.9. The van der Waals surface area contributed by atoms with Gasteiger partial charge >= 0.3 is 11.9 Å². The van der Waals surface area contributed by atoms with E-state index in [1.165, 1.54) is 4.68 Å². The van der Waals surface area contributed by atoms with E-state index >= 15 is 0 Å². The van der Waals surface area contributed by atoms with E-state index in [4.69, 9.17) is 14.2 Å². The second kappa shape index (κ2) is 8.00. The van der Waals surface area contributed by atoms with Gasteiger partial charge in [-0.15, -0.1) is 5.10 Å². The van der Waals surface area contributed by atoms with E-state index in [1.807, 2.05) is 12.1 Å². The number of ether oxygens (including phenoxy) is 3. The molecule has 1 aromatic carbocycles. The second-order valence-electron chi connectivity index (χ2n) is 8.30. The standard InChI is InChI=1S/C20H27N3O5/c1-19(2,3)27-17(24)15-16(18(25)28-20(4,5)6)23(22-21-15)12-13-8-10-14(26-7)11-9-13/h8-11H,12H2,1-7H3. The maximum Gasteiger partial charge on any atom is 0.362 e. The topological polar surface area (TPSA) is 92.5 Å². The molecule has 1 aromatic heterocycles. The SMILES string of the molecule is COc1ccc(Cn2nnc(C(=O)OC(C)(C)C)c2C(=O)OC(C)(C)C)cc1. The second-order valence-corrected chi connectivity index (χ2v) is 8.30. The summed E-state index contributed by atoms with van der Waals surface area (Å²) in [5, 5.41) is 7.88. The third-order valence-electron chi connectivity index (χ3n) is 3.41. The molecule has 152 valence electrons. The summed E-state index contributed by atoms with van der Waals surface area (Å²) in [7, 11) is 1.58. The lowest BCUT2D eigenvalue weighted by molar-refractivity contribution is 0.000761. The Morgan fingerprint density at radius 2 is 1.46 bits per heavy atom. The zero-order valence-corrected chi connectivity index (χ0v) is 17.4. The summed E-state index contributed by atoms with van der Waals surface area (Å²) in [6.45, 7) is 10.7. The van der Waals surface area contributed by atoms with Crippen molar-refractivity contribution in [2.45, 2.75) is 59.3 Å². The van der Waals surface area contributed by atoms with Gasteiger partial charge in [-0.05, 0) is 59.2 Å². The van der Waals surface area contributed by atoms with Gasteiger partial charge in [0.15, 0.2) is 5.69 Å². The molecule has 8 heteroatoms. The molecule has 28 heavy (non-hydrogen) atoms. The van der Waals surface area contributed by atoms with Crippen molar-refractivity contribution >= 4 is 11.9 Å². The number of esters is 2. The molecule has 0 bridgehead atoms. The number of benzene rings is 1. The van der Waals surface area contributed by atoms with Crippen molar-refractivity contribution < 1.29 is 23.8 Å². The van der Waals surface area contributed by atoms with Crippen molar-refractivity contribution in [2.75, 3.05) is 7.11 Å². The highest BCUT2D eigenvalue weighted by Crippen LogP contribution is 2.19. The summed E-state index contributed by atoms with van der Waals surface area (Å²) >= 11 is 0. The van der Waals surface area contributed by atoms with Crippen LogP contribution in [0.1, 0.15) is 68.1 Å². The molecule has 0 N–H and O–H groups in total. The minimum absolute atomic E-state index is 0.0417. The lowest BCUT2D eigenvalue weighted by Crippen LogP contribution is -2.29. The smallest absolute Gasteiger partial charge is 0.362 e. The first-order valence-electron chi connectivity index (χ1n) is 8.93. The predicted octanol–water partition coefficient (Wildman–Crippen LogP) is 3.25. The predicted molar refractivity (Wildman–Crippen MR) is 102 cm³/mol. The molecule has 0 saturated carbocycles. The van der Waals surface area contributed by atoms with Crippen molar-refractivity contribution in [1.82, 2.24) is 15.0 Å². The summed E-state index contributed by atoms with van der Waals surface area (Å²) in [6, 6.07) is 7.28. The van der Waals surface area contributed by atoms with Crippen molar-refractivity contribution in [3.8, 4) is 5.75 Å². The summed E-state index contributed by atoms with van der Waals surface area (Å²) < 4.78 is 17.3. The molecule has 0 atom stereocenters. The maximum atomic E-state index is 12.8. The molecule has 0 saturated heterocycles. The number of aromatic nitrogens is 3. The highest BCUT2D eigenvalue weighted by Gasteiger charge is 2.32. The van der Waals surface area contributed by atoms with Gasteiger partial charge in [-0.25, -0.2) is 14.3 Å². The van der Waals surface area contributed by atoms with Crippen LogP contribution >= 0.6 is 0 Å². The minimum atomic E-state index is -0.739. The van der Waals surface area contributed by atoms with E-state index in [2.05, 4.69) is 10.3 Å². The van der Waals surface area contributed by atoms with E-state index in [-0.39, 0.29) is 17.9 Å².